The van der Waals surface area contributed by atoms with E-state index in [1.54, 1.807) is 36.4 Å². The molecule has 23 heavy (non-hydrogen) atoms. The Labute approximate surface area is 133 Å². The van der Waals surface area contributed by atoms with Crippen molar-refractivity contribution in [1.29, 1.82) is 0 Å². The van der Waals surface area contributed by atoms with Crippen LogP contribution in [0.25, 0.3) is 0 Å². The first-order valence-corrected chi connectivity index (χ1v) is 7.32. The van der Waals surface area contributed by atoms with Crippen molar-refractivity contribution in [1.82, 2.24) is 19.4 Å². The Hall–Kier alpha value is -2.90. The number of anilines is 1. The summed E-state index contributed by atoms with van der Waals surface area (Å²) in [5.74, 6) is -0.561. The number of carbonyl (C=O) groups excluding carboxylic acids is 2. The van der Waals surface area contributed by atoms with Crippen LogP contribution in [0.1, 0.15) is 21.0 Å². The molecule has 8 nitrogen and oxygen atoms in total. The quantitative estimate of drug-likeness (QED) is 0.851. The van der Waals surface area contributed by atoms with Gasteiger partial charge in [-0.1, -0.05) is 0 Å². The number of aromatic nitrogens is 3. The molecule has 1 aliphatic heterocycles. The van der Waals surface area contributed by atoms with Gasteiger partial charge in [-0.2, -0.15) is 0 Å². The number of primary amides is 1. The van der Waals surface area contributed by atoms with E-state index >= 15 is 0 Å². The number of hydrogen-bond donors (Lipinski definition) is 1. The molecule has 8 heteroatoms. The summed E-state index contributed by atoms with van der Waals surface area (Å²) in [4.78, 5) is 35.5. The molecule has 3 heterocycles. The van der Waals surface area contributed by atoms with E-state index in [1.165, 1.54) is 0 Å². The lowest BCUT2D eigenvalue weighted by Gasteiger charge is -2.36. The van der Waals surface area contributed by atoms with Crippen molar-refractivity contribution in [3.8, 4) is 0 Å². The monoisotopic (exact) mass is 314 g/mol. The van der Waals surface area contributed by atoms with E-state index < -0.39 is 5.91 Å². The summed E-state index contributed by atoms with van der Waals surface area (Å²) < 4.78 is 1.72. The average molecular weight is 314 g/mol. The smallest absolute Gasteiger partial charge is 0.272 e. The summed E-state index contributed by atoms with van der Waals surface area (Å²) in [6.45, 7) is 2.59. The number of carbonyl (C=O) groups is 2. The minimum atomic E-state index is -0.545. The molecule has 2 N–H and O–H groups in total. The van der Waals surface area contributed by atoms with Crippen molar-refractivity contribution in [2.45, 2.75) is 0 Å². The molecule has 2 amide bonds. The highest BCUT2D eigenvalue weighted by atomic mass is 16.2. The van der Waals surface area contributed by atoms with Gasteiger partial charge in [-0.25, -0.2) is 4.98 Å². The van der Waals surface area contributed by atoms with E-state index in [0.29, 0.717) is 31.9 Å². The molecule has 2 aromatic rings. The molecule has 2 aromatic heterocycles. The topological polar surface area (TPSA) is 97.3 Å². The first kappa shape index (κ1) is 15.0. The Balaban J connectivity index is 1.67. The third-order valence-corrected chi connectivity index (χ3v) is 3.96. The van der Waals surface area contributed by atoms with Gasteiger partial charge in [-0.05, 0) is 12.1 Å². The molecule has 0 unspecified atom stereocenters. The van der Waals surface area contributed by atoms with E-state index in [9.17, 15) is 9.59 Å². The standard InChI is InChI=1S/C15H18N6O2/c1-19-10-17-9-13(19)15(23)21-6-4-20(5-7-21)11-2-3-18-12(8-11)14(16)22/h2-3,8-10H,4-7H2,1H3,(H2,16,22). The van der Waals surface area contributed by atoms with Gasteiger partial charge in [0.25, 0.3) is 11.8 Å². The second-order valence-corrected chi connectivity index (χ2v) is 5.43. The summed E-state index contributed by atoms with van der Waals surface area (Å²) in [5.41, 5.74) is 6.98. The lowest BCUT2D eigenvalue weighted by atomic mass is 10.2. The Morgan fingerprint density at radius 1 is 1.22 bits per heavy atom. The van der Waals surface area contributed by atoms with Crippen LogP contribution in [-0.2, 0) is 7.05 Å². The highest BCUT2D eigenvalue weighted by Gasteiger charge is 2.24. The minimum Gasteiger partial charge on any atom is -0.368 e. The van der Waals surface area contributed by atoms with Gasteiger partial charge in [0.15, 0.2) is 0 Å². The van der Waals surface area contributed by atoms with Crippen molar-refractivity contribution < 1.29 is 9.59 Å². The maximum Gasteiger partial charge on any atom is 0.272 e. The lowest BCUT2D eigenvalue weighted by molar-refractivity contribution is 0.0737. The van der Waals surface area contributed by atoms with Crippen LogP contribution in [0.5, 0.6) is 0 Å². The molecule has 0 aliphatic carbocycles. The van der Waals surface area contributed by atoms with E-state index in [4.69, 9.17) is 5.73 Å². The van der Waals surface area contributed by atoms with Crippen LogP contribution in [0.4, 0.5) is 5.69 Å². The van der Waals surface area contributed by atoms with Crippen LogP contribution in [0.15, 0.2) is 30.9 Å². The SMILES string of the molecule is Cn1cncc1C(=O)N1CCN(c2ccnc(C(N)=O)c2)CC1. The molecule has 0 spiro atoms. The predicted octanol–water partition coefficient (Wildman–Crippen LogP) is -0.124. The molecule has 1 fully saturated rings. The maximum absolute atomic E-state index is 12.4. The zero-order chi connectivity index (χ0) is 16.4. The Kier molecular flexibility index (Phi) is 3.96. The van der Waals surface area contributed by atoms with Gasteiger partial charge in [0.1, 0.15) is 11.4 Å². The van der Waals surface area contributed by atoms with Crippen molar-refractivity contribution in [3.05, 3.63) is 42.2 Å². The summed E-state index contributed by atoms with van der Waals surface area (Å²) in [7, 11) is 1.80. The van der Waals surface area contributed by atoms with E-state index in [2.05, 4.69) is 14.9 Å². The molecule has 1 aliphatic rings. The molecule has 0 radical (unpaired) electrons. The Morgan fingerprint density at radius 3 is 2.57 bits per heavy atom. The number of rotatable bonds is 3. The zero-order valence-corrected chi connectivity index (χ0v) is 12.8. The van der Waals surface area contributed by atoms with E-state index in [1.807, 2.05) is 11.0 Å². The second kappa shape index (κ2) is 6.07. The lowest BCUT2D eigenvalue weighted by Crippen LogP contribution is -2.49. The molecular formula is C15H18N6O2. The maximum atomic E-state index is 12.4. The van der Waals surface area contributed by atoms with Crippen LogP contribution in [0, 0.1) is 0 Å². The van der Waals surface area contributed by atoms with Crippen LogP contribution >= 0.6 is 0 Å². The van der Waals surface area contributed by atoms with Gasteiger partial charge in [-0.3, -0.25) is 14.6 Å². The Morgan fingerprint density at radius 2 is 1.96 bits per heavy atom. The molecule has 0 atom stereocenters. The van der Waals surface area contributed by atoms with Crippen LogP contribution in [-0.4, -0.2) is 57.4 Å². The molecule has 1 saturated heterocycles. The van der Waals surface area contributed by atoms with Crippen LogP contribution < -0.4 is 10.6 Å². The number of piperazine rings is 1. The normalized spacial score (nSPS) is 14.8. The number of nitrogens with two attached hydrogens (primary N) is 1. The number of amides is 2. The predicted molar refractivity (Wildman–Crippen MR) is 84.1 cm³/mol. The number of pyridine rings is 1. The van der Waals surface area contributed by atoms with Crippen molar-refractivity contribution >= 4 is 17.5 Å². The third kappa shape index (κ3) is 3.01. The van der Waals surface area contributed by atoms with Gasteiger partial charge in [0.2, 0.25) is 0 Å². The summed E-state index contributed by atoms with van der Waals surface area (Å²) in [5, 5.41) is 0. The van der Waals surface area contributed by atoms with Gasteiger partial charge < -0.3 is 20.1 Å². The van der Waals surface area contributed by atoms with Gasteiger partial charge in [-0.15, -0.1) is 0 Å². The number of aryl methyl sites for hydroxylation is 1. The average Bonchev–Trinajstić information content (AvgIpc) is 3.00. The summed E-state index contributed by atoms with van der Waals surface area (Å²) in [6.07, 6.45) is 4.77. The fourth-order valence-electron chi connectivity index (χ4n) is 2.64. The van der Waals surface area contributed by atoms with E-state index in [-0.39, 0.29) is 11.6 Å². The van der Waals surface area contributed by atoms with E-state index in [0.717, 1.165) is 5.69 Å². The van der Waals surface area contributed by atoms with Gasteiger partial charge >= 0.3 is 0 Å². The molecule has 0 bridgehead atoms. The largest absolute Gasteiger partial charge is 0.368 e. The summed E-state index contributed by atoms with van der Waals surface area (Å²) in [6, 6.07) is 3.52. The number of hydrogen-bond acceptors (Lipinski definition) is 5. The third-order valence-electron chi connectivity index (χ3n) is 3.96. The molecule has 3 rings (SSSR count). The highest BCUT2D eigenvalue weighted by molar-refractivity contribution is 5.93. The molecule has 0 saturated carbocycles. The fraction of sp³-hybridized carbons (Fsp3) is 0.333. The first-order valence-electron chi connectivity index (χ1n) is 7.32. The van der Waals surface area contributed by atoms with Crippen molar-refractivity contribution in [2.75, 3.05) is 31.1 Å². The zero-order valence-electron chi connectivity index (χ0n) is 12.8. The number of nitrogens with zero attached hydrogens (tertiary/aromatic N) is 5. The van der Waals surface area contributed by atoms with Gasteiger partial charge in [0.05, 0.1) is 12.5 Å². The number of imidazole rings is 1. The van der Waals surface area contributed by atoms with Crippen LogP contribution in [0.3, 0.4) is 0 Å². The Bertz CT molecular complexity index is 733. The fourth-order valence-corrected chi connectivity index (χ4v) is 2.64. The summed E-state index contributed by atoms with van der Waals surface area (Å²) >= 11 is 0. The molecule has 0 aromatic carbocycles. The molecule has 120 valence electrons. The van der Waals surface area contributed by atoms with Crippen molar-refractivity contribution in [3.63, 3.8) is 0 Å². The minimum absolute atomic E-state index is 0.0165. The van der Waals surface area contributed by atoms with Crippen molar-refractivity contribution in [2.24, 2.45) is 12.8 Å². The highest BCUT2D eigenvalue weighted by Crippen LogP contribution is 2.17. The first-order chi connectivity index (χ1) is 11.1. The van der Waals surface area contributed by atoms with Gasteiger partial charge in [0, 0.05) is 45.1 Å². The second-order valence-electron chi connectivity index (χ2n) is 5.43. The van der Waals surface area contributed by atoms with Crippen LogP contribution in [0.2, 0.25) is 0 Å². The molecular weight excluding hydrogens is 296 g/mol.